The molecular formula is C14H17ClN4O2. The summed E-state index contributed by atoms with van der Waals surface area (Å²) in [5.41, 5.74) is 10.2. The number of aromatic nitrogens is 1. The van der Waals surface area contributed by atoms with E-state index in [0.717, 1.165) is 5.56 Å². The number of nitrogen functional groups attached to an aromatic ring is 1. The topological polar surface area (TPSA) is 95.4 Å². The standard InChI is InChI=1S/C14H17ClN4O2/c1-20-11-4-3-8(5-12(11)21-2)13(19-17)10-6-9(15)7-18-14(10)16/h3-7,13,19H,17H2,1-2H3,(H2,16,18). The van der Waals surface area contributed by atoms with Crippen molar-refractivity contribution in [3.63, 3.8) is 0 Å². The number of rotatable bonds is 5. The van der Waals surface area contributed by atoms with E-state index in [9.17, 15) is 0 Å². The number of pyridine rings is 1. The van der Waals surface area contributed by atoms with Gasteiger partial charge >= 0.3 is 0 Å². The Morgan fingerprint density at radius 1 is 1.19 bits per heavy atom. The summed E-state index contributed by atoms with van der Waals surface area (Å²) >= 11 is 5.98. The molecule has 7 heteroatoms. The fraction of sp³-hybridized carbons (Fsp3) is 0.214. The Morgan fingerprint density at radius 2 is 1.90 bits per heavy atom. The van der Waals surface area contributed by atoms with Gasteiger partial charge in [-0.05, 0) is 23.8 Å². The van der Waals surface area contributed by atoms with Gasteiger partial charge in [0, 0.05) is 11.8 Å². The molecule has 1 heterocycles. The average Bonchev–Trinajstić information content (AvgIpc) is 2.51. The fourth-order valence-electron chi connectivity index (χ4n) is 2.09. The monoisotopic (exact) mass is 308 g/mol. The lowest BCUT2D eigenvalue weighted by atomic mass is 9.99. The van der Waals surface area contributed by atoms with Crippen LogP contribution < -0.4 is 26.5 Å². The molecule has 1 unspecified atom stereocenters. The van der Waals surface area contributed by atoms with Gasteiger partial charge in [-0.3, -0.25) is 5.84 Å². The summed E-state index contributed by atoms with van der Waals surface area (Å²) in [6, 6.07) is 6.85. The molecule has 5 N–H and O–H groups in total. The van der Waals surface area contributed by atoms with Crippen molar-refractivity contribution in [2.75, 3.05) is 20.0 Å². The van der Waals surface area contributed by atoms with Crippen LogP contribution in [0.25, 0.3) is 0 Å². The maximum Gasteiger partial charge on any atom is 0.161 e. The minimum Gasteiger partial charge on any atom is -0.493 e. The van der Waals surface area contributed by atoms with Crippen LogP contribution in [0.3, 0.4) is 0 Å². The minimum atomic E-state index is -0.365. The van der Waals surface area contributed by atoms with Crippen molar-refractivity contribution in [3.8, 4) is 11.5 Å². The van der Waals surface area contributed by atoms with Crippen LogP contribution in [0.2, 0.25) is 5.02 Å². The van der Waals surface area contributed by atoms with Crippen molar-refractivity contribution in [3.05, 3.63) is 46.6 Å². The van der Waals surface area contributed by atoms with Crippen molar-refractivity contribution >= 4 is 17.4 Å². The van der Waals surface area contributed by atoms with E-state index in [4.69, 9.17) is 32.7 Å². The van der Waals surface area contributed by atoms with Gasteiger partial charge in [0.25, 0.3) is 0 Å². The van der Waals surface area contributed by atoms with Crippen LogP contribution in [0.15, 0.2) is 30.5 Å². The van der Waals surface area contributed by atoms with Crippen molar-refractivity contribution in [2.24, 2.45) is 5.84 Å². The molecule has 0 radical (unpaired) electrons. The fourth-order valence-corrected chi connectivity index (χ4v) is 2.26. The lowest BCUT2D eigenvalue weighted by Crippen LogP contribution is -2.29. The third kappa shape index (κ3) is 3.18. The second-order valence-corrected chi connectivity index (χ2v) is 4.78. The molecule has 0 amide bonds. The normalized spacial score (nSPS) is 12.0. The van der Waals surface area contributed by atoms with E-state index in [1.807, 2.05) is 12.1 Å². The number of hydrogen-bond acceptors (Lipinski definition) is 6. The molecule has 0 spiro atoms. The highest BCUT2D eigenvalue weighted by Crippen LogP contribution is 2.33. The molecule has 1 aromatic carbocycles. The Balaban J connectivity index is 2.48. The van der Waals surface area contributed by atoms with Crippen LogP contribution in [0.1, 0.15) is 17.2 Å². The first-order valence-corrected chi connectivity index (χ1v) is 6.57. The Labute approximate surface area is 128 Å². The first kappa shape index (κ1) is 15.4. The molecule has 0 aliphatic heterocycles. The predicted octanol–water partition coefficient (Wildman–Crippen LogP) is 1.89. The third-order valence-corrected chi connectivity index (χ3v) is 3.34. The molecule has 2 rings (SSSR count). The summed E-state index contributed by atoms with van der Waals surface area (Å²) in [5.74, 6) is 7.26. The van der Waals surface area contributed by atoms with Crippen LogP contribution >= 0.6 is 11.6 Å². The average molecular weight is 309 g/mol. The maximum absolute atomic E-state index is 5.98. The largest absolute Gasteiger partial charge is 0.493 e. The predicted molar refractivity (Wildman–Crippen MR) is 82.4 cm³/mol. The quantitative estimate of drug-likeness (QED) is 0.576. The van der Waals surface area contributed by atoms with Crippen LogP contribution in [0.4, 0.5) is 5.82 Å². The number of anilines is 1. The molecule has 0 fully saturated rings. The number of hydrazine groups is 1. The van der Waals surface area contributed by atoms with Gasteiger partial charge in [-0.2, -0.15) is 0 Å². The van der Waals surface area contributed by atoms with E-state index in [1.165, 1.54) is 6.20 Å². The molecule has 0 saturated carbocycles. The van der Waals surface area contributed by atoms with Gasteiger partial charge in [0.05, 0.1) is 25.3 Å². The molecular weight excluding hydrogens is 292 g/mol. The Bertz CT molecular complexity index is 636. The number of nitrogens with two attached hydrogens (primary N) is 2. The number of halogens is 1. The molecule has 112 valence electrons. The molecule has 2 aromatic rings. The molecule has 0 saturated heterocycles. The van der Waals surface area contributed by atoms with E-state index in [2.05, 4.69) is 10.4 Å². The van der Waals surface area contributed by atoms with Gasteiger partial charge in [0.2, 0.25) is 0 Å². The summed E-state index contributed by atoms with van der Waals surface area (Å²) in [6.45, 7) is 0. The number of hydrogen-bond donors (Lipinski definition) is 3. The van der Waals surface area contributed by atoms with E-state index >= 15 is 0 Å². The van der Waals surface area contributed by atoms with Crippen molar-refractivity contribution < 1.29 is 9.47 Å². The second kappa shape index (κ2) is 6.62. The molecule has 21 heavy (non-hydrogen) atoms. The molecule has 1 aromatic heterocycles. The van der Waals surface area contributed by atoms with Crippen LogP contribution in [-0.4, -0.2) is 19.2 Å². The smallest absolute Gasteiger partial charge is 0.161 e. The van der Waals surface area contributed by atoms with Gasteiger partial charge < -0.3 is 15.2 Å². The lowest BCUT2D eigenvalue weighted by Gasteiger charge is -2.19. The summed E-state index contributed by atoms with van der Waals surface area (Å²) in [6.07, 6.45) is 1.49. The highest BCUT2D eigenvalue weighted by molar-refractivity contribution is 6.30. The lowest BCUT2D eigenvalue weighted by molar-refractivity contribution is 0.354. The van der Waals surface area contributed by atoms with Gasteiger partial charge in [0.15, 0.2) is 11.5 Å². The zero-order valence-corrected chi connectivity index (χ0v) is 12.5. The van der Waals surface area contributed by atoms with Crippen LogP contribution in [-0.2, 0) is 0 Å². The van der Waals surface area contributed by atoms with Gasteiger partial charge in [-0.25, -0.2) is 10.4 Å². The molecule has 6 nitrogen and oxygen atoms in total. The maximum atomic E-state index is 5.98. The third-order valence-electron chi connectivity index (χ3n) is 3.13. The Hall–Kier alpha value is -2.02. The molecule has 0 aliphatic carbocycles. The van der Waals surface area contributed by atoms with Crippen molar-refractivity contribution in [1.29, 1.82) is 0 Å². The molecule has 1 atom stereocenters. The second-order valence-electron chi connectivity index (χ2n) is 4.34. The molecule has 0 aliphatic rings. The van der Waals surface area contributed by atoms with Gasteiger partial charge in [-0.15, -0.1) is 0 Å². The summed E-state index contributed by atoms with van der Waals surface area (Å²) in [7, 11) is 3.15. The van der Waals surface area contributed by atoms with Crippen molar-refractivity contribution in [1.82, 2.24) is 10.4 Å². The summed E-state index contributed by atoms with van der Waals surface area (Å²) in [4.78, 5) is 4.04. The number of methoxy groups -OCH3 is 2. The number of nitrogens with zero attached hydrogens (tertiary/aromatic N) is 1. The first-order valence-electron chi connectivity index (χ1n) is 6.19. The van der Waals surface area contributed by atoms with E-state index in [0.29, 0.717) is 27.9 Å². The highest BCUT2D eigenvalue weighted by Gasteiger charge is 2.18. The van der Waals surface area contributed by atoms with Gasteiger partial charge in [0.1, 0.15) is 5.82 Å². The van der Waals surface area contributed by atoms with Crippen LogP contribution in [0, 0.1) is 0 Å². The van der Waals surface area contributed by atoms with Crippen LogP contribution in [0.5, 0.6) is 11.5 Å². The zero-order valence-electron chi connectivity index (χ0n) is 11.8. The number of ether oxygens (including phenoxy) is 2. The van der Waals surface area contributed by atoms with E-state index in [-0.39, 0.29) is 6.04 Å². The van der Waals surface area contributed by atoms with Crippen molar-refractivity contribution in [2.45, 2.75) is 6.04 Å². The van der Waals surface area contributed by atoms with E-state index < -0.39 is 0 Å². The Kier molecular flexibility index (Phi) is 4.85. The minimum absolute atomic E-state index is 0.358. The summed E-state index contributed by atoms with van der Waals surface area (Å²) < 4.78 is 10.5. The summed E-state index contributed by atoms with van der Waals surface area (Å²) in [5, 5.41) is 0.486. The highest BCUT2D eigenvalue weighted by atomic mass is 35.5. The first-order chi connectivity index (χ1) is 10.1. The molecule has 0 bridgehead atoms. The zero-order chi connectivity index (χ0) is 15.4. The van der Waals surface area contributed by atoms with E-state index in [1.54, 1.807) is 26.4 Å². The number of nitrogens with one attached hydrogen (secondary N) is 1. The number of benzene rings is 1. The Morgan fingerprint density at radius 3 is 2.52 bits per heavy atom. The van der Waals surface area contributed by atoms with Gasteiger partial charge in [-0.1, -0.05) is 17.7 Å². The SMILES string of the molecule is COc1ccc(C(NN)c2cc(Cl)cnc2N)cc1OC.